The monoisotopic (exact) mass is 251 g/mol. The molecule has 4 rings (SSSR count). The summed E-state index contributed by atoms with van der Waals surface area (Å²) < 4.78 is 0. The number of aliphatic imine (C=N–C) groups is 1. The highest BCUT2D eigenvalue weighted by molar-refractivity contribution is 8.27. The summed E-state index contributed by atoms with van der Waals surface area (Å²) in [4.78, 5) is 4.63. The van der Waals surface area contributed by atoms with Crippen LogP contribution in [0, 0.1) is 0 Å². The average molecular weight is 251 g/mol. The van der Waals surface area contributed by atoms with Crippen LogP contribution in [-0.2, 0) is 0 Å². The topological polar surface area (TPSA) is 37.1 Å². The van der Waals surface area contributed by atoms with E-state index in [1.807, 2.05) is 0 Å². The van der Waals surface area contributed by atoms with Crippen LogP contribution in [0.25, 0.3) is 10.8 Å². The van der Waals surface area contributed by atoms with Crippen molar-refractivity contribution in [1.29, 1.82) is 0 Å². The molecule has 0 aliphatic carbocycles. The predicted molar refractivity (Wildman–Crippen MR) is 77.8 cm³/mol. The first-order chi connectivity index (χ1) is 8.90. The number of hydrogen-bond acceptors (Lipinski definition) is 4. The van der Waals surface area contributed by atoms with Gasteiger partial charge in [0.2, 0.25) is 0 Å². The molecule has 0 spiro atoms. The third kappa shape index (κ3) is 1.49. The van der Waals surface area contributed by atoms with E-state index in [2.05, 4.69) is 57.7 Å². The SMILES string of the molecule is C1=NN=C2SC(c3ccc4ccccc4c3)=N[C@H]12. The molecule has 0 unspecified atom stereocenters. The fourth-order valence-corrected chi connectivity index (χ4v) is 3.08. The second-order valence-corrected chi connectivity index (χ2v) is 5.25. The van der Waals surface area contributed by atoms with E-state index in [1.54, 1.807) is 18.0 Å². The lowest BCUT2D eigenvalue weighted by Crippen LogP contribution is -2.06. The molecule has 2 aliphatic heterocycles. The highest BCUT2D eigenvalue weighted by Gasteiger charge is 2.28. The lowest BCUT2D eigenvalue weighted by Gasteiger charge is -2.02. The van der Waals surface area contributed by atoms with Crippen LogP contribution in [0.5, 0.6) is 0 Å². The first-order valence-electron chi connectivity index (χ1n) is 5.76. The minimum absolute atomic E-state index is 0.0523. The maximum atomic E-state index is 4.63. The van der Waals surface area contributed by atoms with Gasteiger partial charge in [0, 0.05) is 5.56 Å². The lowest BCUT2D eigenvalue weighted by molar-refractivity contribution is 1.22. The van der Waals surface area contributed by atoms with Gasteiger partial charge < -0.3 is 0 Å². The van der Waals surface area contributed by atoms with Crippen molar-refractivity contribution in [3.05, 3.63) is 48.0 Å². The predicted octanol–water partition coefficient (Wildman–Crippen LogP) is 3.10. The van der Waals surface area contributed by atoms with E-state index in [0.29, 0.717) is 0 Å². The zero-order valence-electron chi connectivity index (χ0n) is 9.45. The molecule has 0 saturated carbocycles. The van der Waals surface area contributed by atoms with E-state index in [1.165, 1.54) is 10.8 Å². The van der Waals surface area contributed by atoms with Crippen LogP contribution in [0.15, 0.2) is 57.7 Å². The van der Waals surface area contributed by atoms with Crippen LogP contribution >= 0.6 is 11.8 Å². The van der Waals surface area contributed by atoms with Gasteiger partial charge in [0.1, 0.15) is 16.1 Å². The fraction of sp³-hybridized carbons (Fsp3) is 0.0714. The van der Waals surface area contributed by atoms with E-state index >= 15 is 0 Å². The largest absolute Gasteiger partial charge is 0.261 e. The van der Waals surface area contributed by atoms with Crippen LogP contribution in [0.2, 0.25) is 0 Å². The molecule has 0 radical (unpaired) electrons. The molecule has 0 fully saturated rings. The van der Waals surface area contributed by atoms with Crippen LogP contribution < -0.4 is 0 Å². The van der Waals surface area contributed by atoms with Crippen LogP contribution in [-0.4, -0.2) is 22.3 Å². The average Bonchev–Trinajstić information content (AvgIpc) is 2.99. The van der Waals surface area contributed by atoms with E-state index < -0.39 is 0 Å². The van der Waals surface area contributed by atoms with E-state index in [4.69, 9.17) is 0 Å². The molecule has 2 aromatic rings. The standard InChI is InChI=1S/C14H9N3S/c1-2-4-10-7-11(6-5-9(10)3-1)13-16-12-8-15-17-14(12)18-13/h1-8,12H/t12-/m1/s1. The van der Waals surface area contributed by atoms with Crippen molar-refractivity contribution in [3.8, 4) is 0 Å². The van der Waals surface area contributed by atoms with Crippen molar-refractivity contribution in [2.75, 3.05) is 0 Å². The van der Waals surface area contributed by atoms with Crippen molar-refractivity contribution in [2.24, 2.45) is 15.2 Å². The first kappa shape index (κ1) is 10.0. The Morgan fingerprint density at radius 1 is 1.00 bits per heavy atom. The van der Waals surface area contributed by atoms with Gasteiger partial charge in [0.05, 0.1) is 6.21 Å². The number of hydrogen-bond donors (Lipinski definition) is 0. The highest BCUT2D eigenvalue weighted by atomic mass is 32.2. The lowest BCUT2D eigenvalue weighted by atomic mass is 10.1. The molecule has 2 aromatic carbocycles. The molecule has 1 atom stereocenters. The Balaban J connectivity index is 1.80. The Morgan fingerprint density at radius 2 is 1.89 bits per heavy atom. The molecule has 0 aromatic heterocycles. The Labute approximate surface area is 108 Å². The third-order valence-corrected chi connectivity index (χ3v) is 4.14. The molecule has 0 bridgehead atoms. The summed E-state index contributed by atoms with van der Waals surface area (Å²) in [5.74, 6) is 0. The summed E-state index contributed by atoms with van der Waals surface area (Å²) in [6.45, 7) is 0. The Bertz CT molecular complexity index is 731. The molecule has 4 heteroatoms. The molecule has 18 heavy (non-hydrogen) atoms. The maximum absolute atomic E-state index is 4.63. The van der Waals surface area contributed by atoms with Gasteiger partial charge in [-0.2, -0.15) is 5.10 Å². The van der Waals surface area contributed by atoms with Crippen LogP contribution in [0.1, 0.15) is 5.56 Å². The summed E-state index contributed by atoms with van der Waals surface area (Å²) in [5, 5.41) is 12.5. The fourth-order valence-electron chi connectivity index (χ4n) is 2.15. The smallest absolute Gasteiger partial charge is 0.138 e. The second kappa shape index (κ2) is 3.78. The number of nitrogens with zero attached hydrogens (tertiary/aromatic N) is 3. The summed E-state index contributed by atoms with van der Waals surface area (Å²) in [6.07, 6.45) is 1.79. The minimum Gasteiger partial charge on any atom is -0.261 e. The van der Waals surface area contributed by atoms with Crippen molar-refractivity contribution in [3.63, 3.8) is 0 Å². The van der Waals surface area contributed by atoms with Crippen molar-refractivity contribution < 1.29 is 0 Å². The Hall–Kier alpha value is -1.94. The summed E-state index contributed by atoms with van der Waals surface area (Å²) in [5.41, 5.74) is 1.16. The van der Waals surface area contributed by atoms with Gasteiger partial charge in [-0.25, -0.2) is 0 Å². The van der Waals surface area contributed by atoms with Gasteiger partial charge >= 0.3 is 0 Å². The van der Waals surface area contributed by atoms with E-state index in [9.17, 15) is 0 Å². The van der Waals surface area contributed by atoms with Gasteiger partial charge in [0.25, 0.3) is 0 Å². The van der Waals surface area contributed by atoms with Gasteiger partial charge in [-0.15, -0.1) is 5.10 Å². The molecular formula is C14H9N3S. The van der Waals surface area contributed by atoms with E-state index in [0.717, 1.165) is 15.7 Å². The minimum atomic E-state index is 0.0523. The van der Waals surface area contributed by atoms with Crippen molar-refractivity contribution >= 4 is 38.8 Å². The number of thioether (sulfide) groups is 1. The molecule has 0 saturated heterocycles. The zero-order valence-corrected chi connectivity index (χ0v) is 10.3. The number of rotatable bonds is 1. The maximum Gasteiger partial charge on any atom is 0.138 e. The van der Waals surface area contributed by atoms with Gasteiger partial charge in [-0.3, -0.25) is 4.99 Å². The van der Waals surface area contributed by atoms with Crippen LogP contribution in [0.3, 0.4) is 0 Å². The first-order valence-corrected chi connectivity index (χ1v) is 6.58. The van der Waals surface area contributed by atoms with Crippen molar-refractivity contribution in [2.45, 2.75) is 6.04 Å². The van der Waals surface area contributed by atoms with Gasteiger partial charge in [0.15, 0.2) is 0 Å². The molecule has 0 amide bonds. The molecule has 86 valence electrons. The summed E-state index contributed by atoms with van der Waals surface area (Å²) >= 11 is 1.62. The molecule has 2 heterocycles. The molecule has 3 nitrogen and oxygen atoms in total. The normalized spacial score (nSPS) is 21.0. The molecular weight excluding hydrogens is 242 g/mol. The van der Waals surface area contributed by atoms with Crippen LogP contribution in [0.4, 0.5) is 0 Å². The third-order valence-electron chi connectivity index (χ3n) is 3.07. The number of fused-ring (bicyclic) bond motifs is 2. The Kier molecular flexibility index (Phi) is 2.11. The molecule has 2 aliphatic rings. The zero-order chi connectivity index (χ0) is 11.9. The summed E-state index contributed by atoms with van der Waals surface area (Å²) in [7, 11) is 0. The van der Waals surface area contributed by atoms with Crippen molar-refractivity contribution in [1.82, 2.24) is 0 Å². The Morgan fingerprint density at radius 3 is 2.78 bits per heavy atom. The molecule has 0 N–H and O–H groups in total. The van der Waals surface area contributed by atoms with E-state index in [-0.39, 0.29) is 6.04 Å². The summed E-state index contributed by atoms with van der Waals surface area (Å²) in [6, 6.07) is 14.8. The van der Waals surface area contributed by atoms with Gasteiger partial charge in [-0.1, -0.05) is 36.4 Å². The second-order valence-electron chi connectivity index (χ2n) is 4.25. The number of benzene rings is 2. The highest BCUT2D eigenvalue weighted by Crippen LogP contribution is 2.29. The quantitative estimate of drug-likeness (QED) is 0.767. The van der Waals surface area contributed by atoms with Gasteiger partial charge in [-0.05, 0) is 28.6 Å².